The van der Waals surface area contributed by atoms with Gasteiger partial charge in [0.1, 0.15) is 5.75 Å². The van der Waals surface area contributed by atoms with Crippen LogP contribution in [0.25, 0.3) is 0 Å². The molecule has 1 aliphatic rings. The van der Waals surface area contributed by atoms with E-state index in [9.17, 15) is 13.2 Å². The van der Waals surface area contributed by atoms with Gasteiger partial charge >= 0.3 is 0 Å². The second-order valence-corrected chi connectivity index (χ2v) is 7.68. The molecule has 1 amide bonds. The third-order valence-electron chi connectivity index (χ3n) is 3.67. The summed E-state index contributed by atoms with van der Waals surface area (Å²) in [6, 6.07) is 6.93. The van der Waals surface area contributed by atoms with Crippen LogP contribution in [0.3, 0.4) is 0 Å². The predicted octanol–water partition coefficient (Wildman–Crippen LogP) is 1.46. The van der Waals surface area contributed by atoms with Crippen molar-refractivity contribution in [3.63, 3.8) is 0 Å². The molecule has 1 heterocycles. The Labute approximate surface area is 143 Å². The molecule has 0 spiro atoms. The number of nitrogens with zero attached hydrogens (tertiary/aromatic N) is 1. The molecular formula is C16H24N2O5S. The zero-order valence-electron chi connectivity index (χ0n) is 14.0. The normalized spacial score (nSPS) is 17.9. The van der Waals surface area contributed by atoms with E-state index < -0.39 is 10.0 Å². The van der Waals surface area contributed by atoms with Gasteiger partial charge in [0, 0.05) is 18.8 Å². The zero-order chi connectivity index (χ0) is 17.6. The second kappa shape index (κ2) is 8.46. The van der Waals surface area contributed by atoms with Gasteiger partial charge in [-0.2, -0.15) is 4.31 Å². The molecule has 1 saturated heterocycles. The number of hydrogen-bond donors (Lipinski definition) is 1. The van der Waals surface area contributed by atoms with Crippen LogP contribution >= 0.6 is 0 Å². The minimum absolute atomic E-state index is 0.141. The Balaban J connectivity index is 1.94. The molecule has 0 radical (unpaired) electrons. The number of benzene rings is 1. The number of nitrogens with one attached hydrogen (secondary N) is 1. The van der Waals surface area contributed by atoms with Crippen molar-refractivity contribution < 1.29 is 22.7 Å². The van der Waals surface area contributed by atoms with Crippen molar-refractivity contribution in [2.24, 2.45) is 0 Å². The number of sulfonamides is 1. The summed E-state index contributed by atoms with van der Waals surface area (Å²) in [4.78, 5) is 12.2. The van der Waals surface area contributed by atoms with Gasteiger partial charge in [0.15, 0.2) is 0 Å². The fourth-order valence-electron chi connectivity index (χ4n) is 2.49. The molecule has 0 saturated carbocycles. The maximum absolute atomic E-state index is 12.2. The van der Waals surface area contributed by atoms with Crippen molar-refractivity contribution in [3.05, 3.63) is 24.3 Å². The topological polar surface area (TPSA) is 84.9 Å². The lowest BCUT2D eigenvalue weighted by atomic mass is 10.2. The van der Waals surface area contributed by atoms with Gasteiger partial charge in [-0.3, -0.25) is 4.79 Å². The van der Waals surface area contributed by atoms with Gasteiger partial charge < -0.3 is 14.8 Å². The van der Waals surface area contributed by atoms with Crippen LogP contribution in [0, 0.1) is 0 Å². The largest absolute Gasteiger partial charge is 0.494 e. The lowest BCUT2D eigenvalue weighted by Crippen LogP contribution is -2.41. The van der Waals surface area contributed by atoms with E-state index in [1.54, 1.807) is 24.3 Å². The summed E-state index contributed by atoms with van der Waals surface area (Å²) in [6.07, 6.45) is 2.69. The number of carbonyl (C=O) groups excluding carboxylic acids is 1. The molecule has 1 aliphatic heterocycles. The summed E-state index contributed by atoms with van der Waals surface area (Å²) in [6.45, 7) is 3.07. The Bertz CT molecular complexity index is 639. The first-order valence-electron chi connectivity index (χ1n) is 7.98. The molecule has 1 aromatic rings. The van der Waals surface area contributed by atoms with E-state index in [-0.39, 0.29) is 25.1 Å². The smallest absolute Gasteiger partial charge is 0.239 e. The van der Waals surface area contributed by atoms with Gasteiger partial charge in [-0.05, 0) is 44.0 Å². The van der Waals surface area contributed by atoms with Crippen LogP contribution in [-0.2, 0) is 19.6 Å². The van der Waals surface area contributed by atoms with Crippen molar-refractivity contribution in [1.82, 2.24) is 4.31 Å². The number of amides is 1. The van der Waals surface area contributed by atoms with E-state index in [2.05, 4.69) is 5.32 Å². The fourth-order valence-corrected chi connectivity index (χ4v) is 3.28. The number of carbonyl (C=O) groups is 1. The van der Waals surface area contributed by atoms with Crippen molar-refractivity contribution in [3.8, 4) is 5.75 Å². The van der Waals surface area contributed by atoms with Crippen LogP contribution in [0.15, 0.2) is 24.3 Å². The summed E-state index contributed by atoms with van der Waals surface area (Å²) in [5, 5.41) is 2.70. The Morgan fingerprint density at radius 1 is 1.38 bits per heavy atom. The molecule has 0 aliphatic carbocycles. The van der Waals surface area contributed by atoms with Crippen LogP contribution in [0.2, 0.25) is 0 Å². The fraction of sp³-hybridized carbons (Fsp3) is 0.562. The molecule has 2 rings (SSSR count). The summed E-state index contributed by atoms with van der Waals surface area (Å²) >= 11 is 0. The van der Waals surface area contributed by atoms with E-state index in [0.29, 0.717) is 24.7 Å². The average Bonchev–Trinajstić information content (AvgIpc) is 3.01. The second-order valence-electron chi connectivity index (χ2n) is 5.70. The maximum atomic E-state index is 12.2. The van der Waals surface area contributed by atoms with Crippen LogP contribution < -0.4 is 10.1 Å². The first kappa shape index (κ1) is 18.7. The quantitative estimate of drug-likeness (QED) is 0.762. The van der Waals surface area contributed by atoms with E-state index in [1.807, 2.05) is 6.92 Å². The highest BCUT2D eigenvalue weighted by Gasteiger charge is 2.26. The van der Waals surface area contributed by atoms with Gasteiger partial charge in [0.05, 0.1) is 25.5 Å². The van der Waals surface area contributed by atoms with Gasteiger partial charge in [-0.15, -0.1) is 0 Å². The molecule has 7 nitrogen and oxygen atoms in total. The Morgan fingerprint density at radius 2 is 2.08 bits per heavy atom. The Morgan fingerprint density at radius 3 is 2.62 bits per heavy atom. The van der Waals surface area contributed by atoms with Crippen LogP contribution in [-0.4, -0.2) is 57.3 Å². The molecular weight excluding hydrogens is 332 g/mol. The van der Waals surface area contributed by atoms with Crippen LogP contribution in [0.5, 0.6) is 5.75 Å². The standard InChI is InChI=1S/C16H24N2O5S/c1-3-22-14-8-6-13(7-9-14)17-16(19)12-18(24(2,20)21)11-15-5-4-10-23-15/h6-9,15H,3-5,10-12H2,1-2H3,(H,17,19). The summed E-state index contributed by atoms with van der Waals surface area (Å²) in [5.74, 6) is 0.328. The van der Waals surface area contributed by atoms with Crippen molar-refractivity contribution in [1.29, 1.82) is 0 Å². The number of rotatable bonds is 8. The number of hydrogen-bond acceptors (Lipinski definition) is 5. The van der Waals surface area contributed by atoms with Gasteiger partial charge in [-0.1, -0.05) is 0 Å². The molecule has 0 aromatic heterocycles. The van der Waals surface area contributed by atoms with Gasteiger partial charge in [-0.25, -0.2) is 8.42 Å². The van der Waals surface area contributed by atoms with Crippen LogP contribution in [0.1, 0.15) is 19.8 Å². The lowest BCUT2D eigenvalue weighted by molar-refractivity contribution is -0.116. The van der Waals surface area contributed by atoms with E-state index in [1.165, 1.54) is 0 Å². The van der Waals surface area contributed by atoms with Gasteiger partial charge in [0.25, 0.3) is 0 Å². The van der Waals surface area contributed by atoms with Crippen molar-refractivity contribution >= 4 is 21.6 Å². The molecule has 1 aromatic carbocycles. The molecule has 8 heteroatoms. The summed E-state index contributed by atoms with van der Waals surface area (Å²) in [5.41, 5.74) is 0.592. The molecule has 24 heavy (non-hydrogen) atoms. The van der Waals surface area contributed by atoms with E-state index in [4.69, 9.17) is 9.47 Å². The highest BCUT2D eigenvalue weighted by molar-refractivity contribution is 7.88. The minimum atomic E-state index is -3.48. The van der Waals surface area contributed by atoms with Crippen molar-refractivity contribution in [2.75, 3.05) is 37.9 Å². The Kier molecular flexibility index (Phi) is 6.59. The maximum Gasteiger partial charge on any atom is 0.239 e. The van der Waals surface area contributed by atoms with E-state index >= 15 is 0 Å². The predicted molar refractivity (Wildman–Crippen MR) is 91.6 cm³/mol. The SMILES string of the molecule is CCOc1ccc(NC(=O)CN(CC2CCCO2)S(C)(=O)=O)cc1. The first-order valence-corrected chi connectivity index (χ1v) is 9.82. The number of anilines is 1. The van der Waals surface area contributed by atoms with Crippen LogP contribution in [0.4, 0.5) is 5.69 Å². The van der Waals surface area contributed by atoms with Gasteiger partial charge in [0.2, 0.25) is 15.9 Å². The van der Waals surface area contributed by atoms with Crippen molar-refractivity contribution in [2.45, 2.75) is 25.9 Å². The Hall–Kier alpha value is -1.64. The van der Waals surface area contributed by atoms with E-state index in [0.717, 1.165) is 23.4 Å². The number of ether oxygens (including phenoxy) is 2. The molecule has 1 N–H and O–H groups in total. The highest BCUT2D eigenvalue weighted by Crippen LogP contribution is 2.17. The molecule has 1 atom stereocenters. The summed E-state index contributed by atoms with van der Waals surface area (Å²) < 4.78 is 35.8. The molecule has 1 fully saturated rings. The zero-order valence-corrected chi connectivity index (χ0v) is 14.8. The molecule has 1 unspecified atom stereocenters. The average molecular weight is 356 g/mol. The first-order chi connectivity index (χ1) is 11.4. The molecule has 134 valence electrons. The minimum Gasteiger partial charge on any atom is -0.494 e. The highest BCUT2D eigenvalue weighted by atomic mass is 32.2. The summed E-state index contributed by atoms with van der Waals surface area (Å²) in [7, 11) is -3.48. The third kappa shape index (κ3) is 5.77. The monoisotopic (exact) mass is 356 g/mol. The molecule has 0 bridgehead atoms. The lowest BCUT2D eigenvalue weighted by Gasteiger charge is -2.22. The third-order valence-corrected chi connectivity index (χ3v) is 4.89.